The maximum atomic E-state index is 12.6. The molecule has 2 aliphatic rings. The second-order valence-corrected chi connectivity index (χ2v) is 7.41. The number of ether oxygens (including phenoxy) is 3. The Labute approximate surface area is 168 Å². The third kappa shape index (κ3) is 3.79. The molecular formula is C22H23F2NO4. The van der Waals surface area contributed by atoms with Gasteiger partial charge in [-0.25, -0.2) is 4.79 Å². The molecule has 0 aliphatic carbocycles. The molecule has 0 amide bonds. The number of esters is 1. The lowest BCUT2D eigenvalue weighted by atomic mass is 9.76. The minimum Gasteiger partial charge on any atom is -0.465 e. The van der Waals surface area contributed by atoms with Crippen LogP contribution in [0.2, 0.25) is 0 Å². The highest BCUT2D eigenvalue weighted by Gasteiger charge is 2.40. The summed E-state index contributed by atoms with van der Waals surface area (Å²) in [5.41, 5.74) is 4.26. The molecule has 0 aromatic heterocycles. The predicted molar refractivity (Wildman–Crippen MR) is 103 cm³/mol. The Hall–Kier alpha value is -2.67. The summed E-state index contributed by atoms with van der Waals surface area (Å²) in [5, 5.41) is 3.56. The van der Waals surface area contributed by atoms with Crippen molar-refractivity contribution in [1.29, 1.82) is 0 Å². The van der Waals surface area contributed by atoms with Crippen LogP contribution in [-0.2, 0) is 9.47 Å². The van der Waals surface area contributed by atoms with Gasteiger partial charge in [0.2, 0.25) is 0 Å². The first-order valence-electron chi connectivity index (χ1n) is 9.63. The topological polar surface area (TPSA) is 56.8 Å². The summed E-state index contributed by atoms with van der Waals surface area (Å²) in [6.07, 6.45) is 1.67. The van der Waals surface area contributed by atoms with Gasteiger partial charge in [-0.2, -0.15) is 8.78 Å². The number of halogens is 2. The molecule has 2 heterocycles. The van der Waals surface area contributed by atoms with E-state index in [1.165, 1.54) is 13.2 Å². The van der Waals surface area contributed by atoms with Gasteiger partial charge < -0.3 is 19.5 Å². The minimum absolute atomic E-state index is 0.0126. The number of hydrogen-bond donors (Lipinski definition) is 1. The quantitative estimate of drug-likeness (QED) is 0.727. The molecule has 0 radical (unpaired) electrons. The summed E-state index contributed by atoms with van der Waals surface area (Å²) in [6.45, 7) is -0.263. The molecular weight excluding hydrogens is 380 g/mol. The van der Waals surface area contributed by atoms with Crippen molar-refractivity contribution in [2.45, 2.75) is 38.5 Å². The fourth-order valence-corrected chi connectivity index (χ4v) is 4.40. The van der Waals surface area contributed by atoms with Crippen LogP contribution in [0.4, 0.5) is 14.5 Å². The first-order chi connectivity index (χ1) is 14.0. The zero-order valence-corrected chi connectivity index (χ0v) is 16.3. The van der Waals surface area contributed by atoms with Gasteiger partial charge in [-0.15, -0.1) is 0 Å². The van der Waals surface area contributed by atoms with Gasteiger partial charge in [0.15, 0.2) is 0 Å². The summed E-state index contributed by atoms with van der Waals surface area (Å²) in [7, 11) is 1.36. The smallest absolute Gasteiger partial charge is 0.387 e. The molecule has 1 saturated heterocycles. The van der Waals surface area contributed by atoms with Gasteiger partial charge in [-0.1, -0.05) is 6.07 Å². The number of rotatable bonds is 4. The molecule has 0 spiro atoms. The van der Waals surface area contributed by atoms with E-state index in [9.17, 15) is 13.6 Å². The van der Waals surface area contributed by atoms with Gasteiger partial charge in [0.05, 0.1) is 24.8 Å². The average Bonchev–Trinajstić information content (AvgIpc) is 2.72. The molecule has 4 rings (SSSR count). The number of nitrogens with one attached hydrogen (secondary N) is 1. The van der Waals surface area contributed by atoms with Gasteiger partial charge in [0.1, 0.15) is 5.75 Å². The predicted octanol–water partition coefficient (Wildman–Crippen LogP) is 5.02. The molecule has 7 heteroatoms. The van der Waals surface area contributed by atoms with Gasteiger partial charge in [0, 0.05) is 23.8 Å². The summed E-state index contributed by atoms with van der Waals surface area (Å²) in [6, 6.07) is 10.5. The van der Waals surface area contributed by atoms with Crippen LogP contribution in [0, 0.1) is 12.8 Å². The number of aryl methyl sites for hydroxylation is 1. The third-order valence-corrected chi connectivity index (χ3v) is 5.69. The molecule has 0 unspecified atom stereocenters. The standard InChI is InChI=1S/C22H23F2NO4/c1-12-10-13(21(26)27-2)5-7-15(12)19-16-4-3-9-28-20(16)17-11-14(29-22(23)24)6-8-18(17)25-19/h5-8,10-11,16,19-20,22,25H,3-4,9H2,1-2H3/t16-,19-,20-/m1/s1. The van der Waals surface area contributed by atoms with Crippen molar-refractivity contribution in [3.05, 3.63) is 58.7 Å². The van der Waals surface area contributed by atoms with Crippen LogP contribution in [0.1, 0.15) is 52.0 Å². The summed E-state index contributed by atoms with van der Waals surface area (Å²) < 4.78 is 40.7. The molecule has 154 valence electrons. The molecule has 0 bridgehead atoms. The molecule has 1 fully saturated rings. The molecule has 1 N–H and O–H groups in total. The fraction of sp³-hybridized carbons (Fsp3) is 0.409. The number of carbonyl (C=O) groups is 1. The van der Waals surface area contributed by atoms with Crippen LogP contribution < -0.4 is 10.1 Å². The normalized spacial score (nSPS) is 23.0. The number of hydrogen-bond acceptors (Lipinski definition) is 5. The monoisotopic (exact) mass is 403 g/mol. The molecule has 29 heavy (non-hydrogen) atoms. The zero-order chi connectivity index (χ0) is 20.5. The summed E-state index contributed by atoms with van der Waals surface area (Å²) in [5.74, 6) is -0.0988. The van der Waals surface area contributed by atoms with Crippen molar-refractivity contribution < 1.29 is 27.8 Å². The van der Waals surface area contributed by atoms with E-state index in [1.807, 2.05) is 19.1 Å². The highest BCUT2D eigenvalue weighted by atomic mass is 19.3. The van der Waals surface area contributed by atoms with E-state index in [1.54, 1.807) is 18.2 Å². The van der Waals surface area contributed by atoms with Crippen LogP contribution in [0.5, 0.6) is 5.75 Å². The molecule has 2 aliphatic heterocycles. The molecule has 2 aromatic rings. The Balaban J connectivity index is 1.70. The fourth-order valence-electron chi connectivity index (χ4n) is 4.40. The highest BCUT2D eigenvalue weighted by molar-refractivity contribution is 5.89. The van der Waals surface area contributed by atoms with Crippen LogP contribution in [0.3, 0.4) is 0 Å². The van der Waals surface area contributed by atoms with Crippen LogP contribution in [0.25, 0.3) is 0 Å². The first-order valence-corrected chi connectivity index (χ1v) is 9.63. The summed E-state index contributed by atoms with van der Waals surface area (Å²) >= 11 is 0. The number of alkyl halides is 2. The van der Waals surface area contributed by atoms with E-state index in [2.05, 4.69) is 10.1 Å². The lowest BCUT2D eigenvalue weighted by Gasteiger charge is -2.43. The van der Waals surface area contributed by atoms with Crippen molar-refractivity contribution in [1.82, 2.24) is 0 Å². The summed E-state index contributed by atoms with van der Waals surface area (Å²) in [4.78, 5) is 11.8. The zero-order valence-electron chi connectivity index (χ0n) is 16.3. The number of carbonyl (C=O) groups excluding carboxylic acids is 1. The maximum Gasteiger partial charge on any atom is 0.387 e. The highest BCUT2D eigenvalue weighted by Crippen LogP contribution is 2.50. The van der Waals surface area contributed by atoms with Crippen molar-refractivity contribution in [3.8, 4) is 5.75 Å². The number of anilines is 1. The Kier molecular flexibility index (Phi) is 5.41. The van der Waals surface area contributed by atoms with E-state index in [0.29, 0.717) is 12.2 Å². The molecule has 3 atom stereocenters. The van der Waals surface area contributed by atoms with E-state index in [0.717, 1.165) is 35.2 Å². The van der Waals surface area contributed by atoms with Crippen LogP contribution in [-0.4, -0.2) is 26.3 Å². The Morgan fingerprint density at radius 1 is 1.21 bits per heavy atom. The molecule has 2 aromatic carbocycles. The average molecular weight is 403 g/mol. The van der Waals surface area contributed by atoms with Crippen molar-refractivity contribution in [3.63, 3.8) is 0 Å². The maximum absolute atomic E-state index is 12.6. The Bertz CT molecular complexity index is 918. The number of methoxy groups -OCH3 is 1. The number of fused-ring (bicyclic) bond motifs is 3. The van der Waals surface area contributed by atoms with Crippen LogP contribution >= 0.6 is 0 Å². The van der Waals surface area contributed by atoms with E-state index < -0.39 is 6.61 Å². The Morgan fingerprint density at radius 2 is 2.03 bits per heavy atom. The minimum atomic E-state index is -2.86. The second-order valence-electron chi connectivity index (χ2n) is 7.41. The third-order valence-electron chi connectivity index (χ3n) is 5.69. The van der Waals surface area contributed by atoms with E-state index in [4.69, 9.17) is 9.47 Å². The second kappa shape index (κ2) is 7.99. The SMILES string of the molecule is COC(=O)c1ccc([C@H]2Nc3ccc(OC(F)F)cc3[C@@H]3OCCC[C@H]23)c(C)c1. The largest absolute Gasteiger partial charge is 0.465 e. The molecule has 5 nitrogen and oxygen atoms in total. The van der Waals surface area contributed by atoms with Crippen LogP contribution in [0.15, 0.2) is 36.4 Å². The van der Waals surface area contributed by atoms with Gasteiger partial charge >= 0.3 is 12.6 Å². The van der Waals surface area contributed by atoms with Crippen molar-refractivity contribution in [2.75, 3.05) is 19.0 Å². The van der Waals surface area contributed by atoms with Gasteiger partial charge in [-0.05, 0) is 61.2 Å². The van der Waals surface area contributed by atoms with E-state index >= 15 is 0 Å². The van der Waals surface area contributed by atoms with Crippen molar-refractivity contribution in [2.24, 2.45) is 5.92 Å². The lowest BCUT2D eigenvalue weighted by Crippen LogP contribution is -2.36. The first kappa shape index (κ1) is 19.6. The van der Waals surface area contributed by atoms with Crippen molar-refractivity contribution >= 4 is 11.7 Å². The van der Waals surface area contributed by atoms with E-state index in [-0.39, 0.29) is 29.8 Å². The van der Waals surface area contributed by atoms with Gasteiger partial charge in [-0.3, -0.25) is 0 Å². The Morgan fingerprint density at radius 3 is 2.76 bits per heavy atom. The number of benzene rings is 2. The lowest BCUT2D eigenvalue weighted by molar-refractivity contribution is -0.0516. The van der Waals surface area contributed by atoms with Gasteiger partial charge in [0.25, 0.3) is 0 Å². The molecule has 0 saturated carbocycles.